The molecule has 2 aromatic carbocycles. The van der Waals surface area contributed by atoms with Crippen LogP contribution >= 0.6 is 0 Å². The second-order valence-electron chi connectivity index (χ2n) is 7.86. The highest BCUT2D eigenvalue weighted by molar-refractivity contribution is 5.99. The van der Waals surface area contributed by atoms with Crippen molar-refractivity contribution in [2.75, 3.05) is 25.2 Å². The monoisotopic (exact) mass is 417 g/mol. The predicted molar refractivity (Wildman–Crippen MR) is 120 cm³/mol. The molecule has 1 aliphatic rings. The number of rotatable bonds is 8. The van der Waals surface area contributed by atoms with Crippen LogP contribution in [0.2, 0.25) is 0 Å². The molecule has 1 N–H and O–H groups in total. The highest BCUT2D eigenvalue weighted by Crippen LogP contribution is 2.36. The highest BCUT2D eigenvalue weighted by Gasteiger charge is 2.26. The molecule has 0 amide bonds. The van der Waals surface area contributed by atoms with E-state index in [2.05, 4.69) is 27.9 Å². The lowest BCUT2D eigenvalue weighted by molar-refractivity contribution is 0.0970. The number of hydrogen-bond acceptors (Lipinski definition) is 6. The summed E-state index contributed by atoms with van der Waals surface area (Å²) < 4.78 is 5.39. The van der Waals surface area contributed by atoms with Crippen LogP contribution in [-0.2, 0) is 12.8 Å². The molecule has 0 atom stereocenters. The first-order chi connectivity index (χ1) is 15.1. The molecular formula is C25H27N3O3. The smallest absolute Gasteiger partial charge is 0.163 e. The van der Waals surface area contributed by atoms with Gasteiger partial charge in [-0.15, -0.1) is 0 Å². The van der Waals surface area contributed by atoms with Gasteiger partial charge in [0.2, 0.25) is 0 Å². The maximum atomic E-state index is 12.6. The van der Waals surface area contributed by atoms with E-state index < -0.39 is 0 Å². The van der Waals surface area contributed by atoms with Crippen molar-refractivity contribution in [3.63, 3.8) is 0 Å². The van der Waals surface area contributed by atoms with Crippen LogP contribution in [0.3, 0.4) is 0 Å². The number of benzene rings is 2. The minimum absolute atomic E-state index is 0.0312. The Kier molecular flexibility index (Phi) is 6.28. The van der Waals surface area contributed by atoms with E-state index in [-0.39, 0.29) is 12.4 Å². The molecule has 0 aliphatic carbocycles. The zero-order valence-corrected chi connectivity index (χ0v) is 18.0. The van der Waals surface area contributed by atoms with Crippen LogP contribution in [0.5, 0.6) is 5.75 Å². The number of aryl methyl sites for hydroxylation is 1. The van der Waals surface area contributed by atoms with Crippen LogP contribution in [0.25, 0.3) is 0 Å². The number of aliphatic hydroxyl groups excluding tert-OH is 1. The van der Waals surface area contributed by atoms with Crippen molar-refractivity contribution in [1.29, 1.82) is 0 Å². The minimum atomic E-state index is 0.0312. The number of ketones is 1. The molecule has 0 saturated heterocycles. The van der Waals surface area contributed by atoms with Crippen molar-refractivity contribution in [3.05, 3.63) is 76.7 Å². The van der Waals surface area contributed by atoms with Gasteiger partial charge in [-0.25, -0.2) is 9.97 Å². The molecule has 6 heteroatoms. The Hall–Kier alpha value is -3.25. The summed E-state index contributed by atoms with van der Waals surface area (Å²) in [6, 6.07) is 14.0. The molecule has 0 fully saturated rings. The maximum Gasteiger partial charge on any atom is 0.163 e. The molecule has 0 spiro atoms. The van der Waals surface area contributed by atoms with E-state index in [9.17, 15) is 4.79 Å². The Balaban J connectivity index is 1.59. The quantitative estimate of drug-likeness (QED) is 0.558. The van der Waals surface area contributed by atoms with Crippen molar-refractivity contribution in [3.8, 4) is 5.75 Å². The molecule has 0 unspecified atom stereocenters. The van der Waals surface area contributed by atoms with Gasteiger partial charge < -0.3 is 14.7 Å². The molecule has 4 rings (SSSR count). The molecule has 1 aliphatic heterocycles. The Bertz CT molecular complexity index is 1100. The van der Waals surface area contributed by atoms with Crippen LogP contribution in [0.1, 0.15) is 45.6 Å². The van der Waals surface area contributed by atoms with E-state index in [1.165, 1.54) is 0 Å². The van der Waals surface area contributed by atoms with Crippen molar-refractivity contribution in [2.45, 2.75) is 32.6 Å². The zero-order valence-electron chi connectivity index (χ0n) is 18.0. The van der Waals surface area contributed by atoms with Gasteiger partial charge in [0.25, 0.3) is 0 Å². The predicted octanol–water partition coefficient (Wildman–Crippen LogP) is 4.03. The van der Waals surface area contributed by atoms with Gasteiger partial charge in [0, 0.05) is 43.3 Å². The number of nitrogens with zero attached hydrogens (tertiary/aromatic N) is 3. The fraction of sp³-hybridized carbons (Fsp3) is 0.320. The average molecular weight is 418 g/mol. The number of Topliss-reactive ketones (excluding diaryl/α,β-unsaturated/α-hetero) is 1. The molecule has 0 bridgehead atoms. The number of carbonyl (C=O) groups is 1. The SMILES string of the molecule is COc1cc(C)cc(Cc2cc(N3CCc4c(C(=O)CCCO)cccc43)ncn2)c1. The fourth-order valence-corrected chi connectivity index (χ4v) is 4.19. The zero-order chi connectivity index (χ0) is 21.8. The van der Waals surface area contributed by atoms with Gasteiger partial charge in [-0.1, -0.05) is 18.2 Å². The third-order valence-corrected chi connectivity index (χ3v) is 5.61. The highest BCUT2D eigenvalue weighted by atomic mass is 16.5. The molecule has 0 radical (unpaired) electrons. The van der Waals surface area contributed by atoms with Gasteiger partial charge in [-0.05, 0) is 54.7 Å². The lowest BCUT2D eigenvalue weighted by Crippen LogP contribution is -2.15. The van der Waals surface area contributed by atoms with E-state index in [1.807, 2.05) is 36.4 Å². The van der Waals surface area contributed by atoms with E-state index in [4.69, 9.17) is 9.84 Å². The van der Waals surface area contributed by atoms with Gasteiger partial charge >= 0.3 is 0 Å². The first-order valence-corrected chi connectivity index (χ1v) is 10.6. The summed E-state index contributed by atoms with van der Waals surface area (Å²) in [4.78, 5) is 23.7. The van der Waals surface area contributed by atoms with Crippen molar-refractivity contribution >= 4 is 17.3 Å². The molecule has 3 aromatic rings. The Morgan fingerprint density at radius 2 is 2.06 bits per heavy atom. The summed E-state index contributed by atoms with van der Waals surface area (Å²) >= 11 is 0. The maximum absolute atomic E-state index is 12.6. The number of ether oxygens (including phenoxy) is 1. The molecule has 160 valence electrons. The number of carbonyl (C=O) groups excluding carboxylic acids is 1. The van der Waals surface area contributed by atoms with Gasteiger partial charge in [0.1, 0.15) is 17.9 Å². The van der Waals surface area contributed by atoms with Gasteiger partial charge in [-0.3, -0.25) is 4.79 Å². The van der Waals surface area contributed by atoms with Crippen molar-refractivity contribution < 1.29 is 14.6 Å². The first kappa shape index (κ1) is 21.0. The number of hydrogen-bond donors (Lipinski definition) is 1. The summed E-state index contributed by atoms with van der Waals surface area (Å²) in [7, 11) is 1.68. The molecule has 6 nitrogen and oxygen atoms in total. The van der Waals surface area contributed by atoms with Crippen molar-refractivity contribution in [1.82, 2.24) is 9.97 Å². The Labute approximate surface area is 182 Å². The molecular weight excluding hydrogens is 390 g/mol. The van der Waals surface area contributed by atoms with Gasteiger partial charge in [0.15, 0.2) is 5.78 Å². The summed E-state index contributed by atoms with van der Waals surface area (Å²) in [6.07, 6.45) is 3.94. The standard InChI is InChI=1S/C25H27N3O3/c1-17-11-18(14-20(12-17)31-2)13-19-15-25(27-16-26-19)28-9-8-21-22(5-3-6-23(21)28)24(30)7-4-10-29/h3,5-6,11-12,14-16,29H,4,7-10,13H2,1-2H3. The minimum Gasteiger partial charge on any atom is -0.497 e. The summed E-state index contributed by atoms with van der Waals surface area (Å²) in [5.74, 6) is 1.77. The molecule has 0 saturated carbocycles. The second kappa shape index (κ2) is 9.27. The largest absolute Gasteiger partial charge is 0.497 e. The Morgan fingerprint density at radius 3 is 2.87 bits per heavy atom. The number of aliphatic hydroxyl groups is 1. The van der Waals surface area contributed by atoms with E-state index >= 15 is 0 Å². The molecule has 31 heavy (non-hydrogen) atoms. The normalized spacial score (nSPS) is 12.7. The molecule has 1 aromatic heterocycles. The lowest BCUT2D eigenvalue weighted by Gasteiger charge is -2.19. The number of fused-ring (bicyclic) bond motifs is 1. The summed E-state index contributed by atoms with van der Waals surface area (Å²) in [5.41, 5.74) is 6.07. The fourth-order valence-electron chi connectivity index (χ4n) is 4.19. The van der Waals surface area contributed by atoms with E-state index in [1.54, 1.807) is 13.4 Å². The lowest BCUT2D eigenvalue weighted by atomic mass is 9.99. The summed E-state index contributed by atoms with van der Waals surface area (Å²) in [5, 5.41) is 9.04. The number of anilines is 2. The van der Waals surface area contributed by atoms with Crippen LogP contribution in [0.4, 0.5) is 11.5 Å². The van der Waals surface area contributed by atoms with Crippen LogP contribution < -0.4 is 9.64 Å². The van der Waals surface area contributed by atoms with E-state index in [0.29, 0.717) is 19.3 Å². The van der Waals surface area contributed by atoms with Crippen LogP contribution in [-0.4, -0.2) is 41.1 Å². The van der Waals surface area contributed by atoms with E-state index in [0.717, 1.165) is 58.2 Å². The third-order valence-electron chi connectivity index (χ3n) is 5.61. The average Bonchev–Trinajstić information content (AvgIpc) is 3.21. The van der Waals surface area contributed by atoms with Crippen LogP contribution in [0, 0.1) is 6.92 Å². The van der Waals surface area contributed by atoms with Crippen LogP contribution in [0.15, 0.2) is 48.8 Å². The Morgan fingerprint density at radius 1 is 1.19 bits per heavy atom. The number of aromatic nitrogens is 2. The van der Waals surface area contributed by atoms with Gasteiger partial charge in [0.05, 0.1) is 12.8 Å². The second-order valence-corrected chi connectivity index (χ2v) is 7.86. The summed E-state index contributed by atoms with van der Waals surface area (Å²) in [6.45, 7) is 2.86. The van der Waals surface area contributed by atoms with Crippen molar-refractivity contribution in [2.24, 2.45) is 0 Å². The first-order valence-electron chi connectivity index (χ1n) is 10.6. The van der Waals surface area contributed by atoms with Gasteiger partial charge in [-0.2, -0.15) is 0 Å². The molecule has 2 heterocycles. The number of methoxy groups -OCH3 is 1. The third kappa shape index (κ3) is 4.59. The topological polar surface area (TPSA) is 75.5 Å².